The van der Waals surface area contributed by atoms with E-state index in [1.165, 1.54) is 33.0 Å². The second-order valence-corrected chi connectivity index (χ2v) is 9.07. The lowest BCUT2D eigenvalue weighted by molar-refractivity contribution is -0.141. The summed E-state index contributed by atoms with van der Waals surface area (Å²) in [7, 11) is 0. The van der Waals surface area contributed by atoms with Crippen LogP contribution in [0.5, 0.6) is 0 Å². The zero-order valence-corrected chi connectivity index (χ0v) is 20.9. The Balaban J connectivity index is 2.35. The zero-order chi connectivity index (χ0) is 27.5. The van der Waals surface area contributed by atoms with Crippen LogP contribution in [0, 0.1) is 18.3 Å². The predicted octanol–water partition coefficient (Wildman–Crippen LogP) is 2.47. The normalized spacial score (nSPS) is 13.1. The van der Waals surface area contributed by atoms with Gasteiger partial charge in [-0.05, 0) is 50.7 Å². The highest BCUT2D eigenvalue weighted by molar-refractivity contribution is 6.30. The molecule has 0 bridgehead atoms. The Morgan fingerprint density at radius 3 is 2.68 bits per heavy atom. The van der Waals surface area contributed by atoms with Crippen LogP contribution in [0.3, 0.4) is 0 Å². The van der Waals surface area contributed by atoms with Crippen molar-refractivity contribution in [3.8, 4) is 6.07 Å². The lowest BCUT2D eigenvalue weighted by atomic mass is 10.1. The minimum Gasteiger partial charge on any atom is -0.389 e. The largest absolute Gasteiger partial charge is 0.436 e. The molecule has 1 aromatic carbocycles. The molecule has 0 saturated carbocycles. The van der Waals surface area contributed by atoms with Crippen LogP contribution < -0.4 is 21.3 Å². The first kappa shape index (κ1) is 27.6. The van der Waals surface area contributed by atoms with Crippen molar-refractivity contribution < 1.29 is 23.1 Å². The number of aromatic nitrogens is 3. The Bertz CT molecular complexity index is 1530. The molecule has 9 nitrogen and oxygen atoms in total. The van der Waals surface area contributed by atoms with E-state index in [2.05, 4.69) is 32.3 Å². The molecule has 0 aliphatic heterocycles. The Morgan fingerprint density at radius 1 is 1.38 bits per heavy atom. The number of anilines is 1. The Morgan fingerprint density at radius 2 is 2.08 bits per heavy atom. The van der Waals surface area contributed by atoms with Gasteiger partial charge in [-0.15, -0.1) is 0 Å². The number of rotatable bonds is 7. The van der Waals surface area contributed by atoms with E-state index >= 15 is 0 Å². The van der Waals surface area contributed by atoms with Crippen LogP contribution in [0.25, 0.3) is 11.7 Å². The number of hydrogen-bond donors (Lipinski definition) is 3. The quantitative estimate of drug-likeness (QED) is 0.428. The SMILES string of the molecule is C=CNc1cc(Cl)ccc1/C=c1\c(C)nc2c(C#N)c(C(F)(F)F)nn2c1=NCC(=O)NCC(C)(C)O. The van der Waals surface area contributed by atoms with Crippen molar-refractivity contribution in [1.29, 1.82) is 5.26 Å². The van der Waals surface area contributed by atoms with Crippen LogP contribution in [-0.2, 0) is 11.0 Å². The first-order valence-electron chi connectivity index (χ1n) is 10.8. The van der Waals surface area contributed by atoms with E-state index in [0.29, 0.717) is 16.3 Å². The molecule has 0 aliphatic carbocycles. The molecule has 37 heavy (non-hydrogen) atoms. The highest BCUT2D eigenvalue weighted by atomic mass is 35.5. The molecule has 0 aliphatic rings. The highest BCUT2D eigenvalue weighted by Gasteiger charge is 2.39. The van der Waals surface area contributed by atoms with Gasteiger partial charge in [0.05, 0.1) is 11.3 Å². The third-order valence-corrected chi connectivity index (χ3v) is 5.24. The molecule has 0 atom stereocenters. The molecule has 2 aromatic heterocycles. The van der Waals surface area contributed by atoms with Gasteiger partial charge in [-0.25, -0.2) is 4.98 Å². The van der Waals surface area contributed by atoms with Gasteiger partial charge in [0.2, 0.25) is 5.91 Å². The molecule has 0 unspecified atom stereocenters. The van der Waals surface area contributed by atoms with E-state index in [1.54, 1.807) is 24.3 Å². The second-order valence-electron chi connectivity index (χ2n) is 8.63. The molecule has 0 fully saturated rings. The van der Waals surface area contributed by atoms with Crippen LogP contribution in [-0.4, -0.2) is 44.3 Å². The number of aliphatic hydroxyl groups is 1. The monoisotopic (exact) mass is 533 g/mol. The molecule has 194 valence electrons. The number of carbonyl (C=O) groups is 1. The van der Waals surface area contributed by atoms with Gasteiger partial charge in [-0.1, -0.05) is 24.2 Å². The fourth-order valence-electron chi connectivity index (χ4n) is 3.34. The molecular weight excluding hydrogens is 511 g/mol. The maximum absolute atomic E-state index is 13.6. The molecule has 0 radical (unpaired) electrons. The van der Waals surface area contributed by atoms with Crippen molar-refractivity contribution in [2.24, 2.45) is 4.99 Å². The van der Waals surface area contributed by atoms with Crippen molar-refractivity contribution in [1.82, 2.24) is 19.9 Å². The molecule has 3 aromatic rings. The number of carbonyl (C=O) groups excluding carboxylic acids is 1. The number of alkyl halides is 3. The number of fused-ring (bicyclic) bond motifs is 1. The summed E-state index contributed by atoms with van der Waals surface area (Å²) in [5.74, 6) is -0.583. The van der Waals surface area contributed by atoms with E-state index in [-0.39, 0.29) is 28.6 Å². The fraction of sp³-hybridized carbons (Fsp3) is 0.292. The average molecular weight is 534 g/mol. The standard InChI is InChI=1S/C24H23ClF3N7O2/c1-5-30-18-9-15(25)7-6-14(18)8-16-13(2)33-22-17(10-29)20(24(26,27)28)34-35(22)21(16)31-11-19(36)32-12-23(3,4)37/h5-9,30,37H,1,11-12H2,2-4H3,(H,32,36)/b16-8+,31-21?. The van der Waals surface area contributed by atoms with E-state index < -0.39 is 35.5 Å². The Hall–Kier alpha value is -3.95. The van der Waals surface area contributed by atoms with Crippen molar-refractivity contribution >= 4 is 34.9 Å². The van der Waals surface area contributed by atoms with Gasteiger partial charge in [-0.3, -0.25) is 9.79 Å². The van der Waals surface area contributed by atoms with Gasteiger partial charge < -0.3 is 15.7 Å². The van der Waals surface area contributed by atoms with Crippen LogP contribution in [0.15, 0.2) is 36.0 Å². The van der Waals surface area contributed by atoms with Crippen molar-refractivity contribution in [2.75, 3.05) is 18.4 Å². The number of amides is 1. The van der Waals surface area contributed by atoms with E-state index in [0.717, 1.165) is 4.52 Å². The lowest BCUT2D eigenvalue weighted by Gasteiger charge is -2.16. The predicted molar refractivity (Wildman–Crippen MR) is 131 cm³/mol. The third-order valence-electron chi connectivity index (χ3n) is 5.01. The summed E-state index contributed by atoms with van der Waals surface area (Å²) in [6, 6.07) is 6.44. The summed E-state index contributed by atoms with van der Waals surface area (Å²) in [6.45, 7) is 7.61. The van der Waals surface area contributed by atoms with Crippen LogP contribution in [0.4, 0.5) is 18.9 Å². The number of aryl methyl sites for hydroxylation is 1. The van der Waals surface area contributed by atoms with Gasteiger partial charge in [0.25, 0.3) is 0 Å². The maximum Gasteiger partial charge on any atom is 0.436 e. The maximum atomic E-state index is 13.6. The molecular formula is C24H23ClF3N7O2. The number of hydrogen-bond acceptors (Lipinski definition) is 7. The van der Waals surface area contributed by atoms with Crippen molar-refractivity contribution in [2.45, 2.75) is 32.5 Å². The first-order valence-corrected chi connectivity index (χ1v) is 11.2. The van der Waals surface area contributed by atoms with Gasteiger partial charge in [0.1, 0.15) is 18.2 Å². The summed E-state index contributed by atoms with van der Waals surface area (Å²) in [5, 5.41) is 29.0. The van der Waals surface area contributed by atoms with Crippen LogP contribution in [0.2, 0.25) is 5.02 Å². The van der Waals surface area contributed by atoms with Gasteiger partial charge >= 0.3 is 6.18 Å². The van der Waals surface area contributed by atoms with E-state index in [4.69, 9.17) is 11.6 Å². The summed E-state index contributed by atoms with van der Waals surface area (Å²) in [5.41, 5.74) is -2.46. The summed E-state index contributed by atoms with van der Waals surface area (Å²) >= 11 is 6.09. The van der Waals surface area contributed by atoms with Crippen LogP contribution in [0.1, 0.15) is 36.4 Å². The van der Waals surface area contributed by atoms with Crippen molar-refractivity contribution in [3.05, 3.63) is 69.2 Å². The molecule has 2 heterocycles. The molecule has 3 rings (SSSR count). The minimum atomic E-state index is -4.92. The fourth-order valence-corrected chi connectivity index (χ4v) is 3.51. The number of nitriles is 1. The molecule has 13 heteroatoms. The summed E-state index contributed by atoms with van der Waals surface area (Å²) < 4.78 is 41.7. The smallest absolute Gasteiger partial charge is 0.389 e. The number of benzene rings is 1. The number of nitrogens with one attached hydrogen (secondary N) is 2. The Kier molecular flexibility index (Phi) is 7.90. The van der Waals surface area contributed by atoms with Gasteiger partial charge in [0.15, 0.2) is 16.8 Å². The summed E-state index contributed by atoms with van der Waals surface area (Å²) in [4.78, 5) is 20.8. The Labute approximate surface area is 214 Å². The topological polar surface area (TPSA) is 128 Å². The van der Waals surface area contributed by atoms with E-state index in [9.17, 15) is 28.3 Å². The molecule has 1 amide bonds. The van der Waals surface area contributed by atoms with Crippen LogP contribution >= 0.6 is 11.6 Å². The third kappa shape index (κ3) is 6.44. The van der Waals surface area contributed by atoms with Gasteiger partial charge in [-0.2, -0.15) is 28.0 Å². The average Bonchev–Trinajstić information content (AvgIpc) is 3.17. The first-order chi connectivity index (χ1) is 17.2. The molecule has 0 saturated heterocycles. The van der Waals surface area contributed by atoms with Crippen molar-refractivity contribution in [3.63, 3.8) is 0 Å². The minimum absolute atomic E-state index is 0.0644. The zero-order valence-electron chi connectivity index (χ0n) is 20.1. The summed E-state index contributed by atoms with van der Waals surface area (Å²) in [6.07, 6.45) is -1.90. The molecule has 0 spiro atoms. The highest BCUT2D eigenvalue weighted by Crippen LogP contribution is 2.31. The van der Waals surface area contributed by atoms with E-state index in [1.807, 2.05) is 0 Å². The number of halogens is 4. The molecule has 3 N–H and O–H groups in total. The number of nitrogens with zero attached hydrogens (tertiary/aromatic N) is 5. The van der Waals surface area contributed by atoms with Gasteiger partial charge in [0, 0.05) is 22.5 Å². The lowest BCUT2D eigenvalue weighted by Crippen LogP contribution is -2.41. The second kappa shape index (κ2) is 10.6.